The minimum Gasteiger partial charge on any atom is -0.497 e. The molecule has 0 heterocycles. The Morgan fingerprint density at radius 1 is 1.21 bits per heavy atom. The molecule has 0 atom stereocenters. The molecule has 0 saturated heterocycles. The molecule has 0 aromatic heterocycles. The standard InChI is InChI=1S/C15H11F3N2O4/c1-24-11-4-2-3-9(7-11)14(21)19-10-5-6-13(20(22)23)12(8-10)15(16,17)18/h2-8H,1H3,(H,19,21). The van der Waals surface area contributed by atoms with Crippen LogP contribution in [0.1, 0.15) is 15.9 Å². The van der Waals surface area contributed by atoms with Gasteiger partial charge in [0.25, 0.3) is 11.6 Å². The van der Waals surface area contributed by atoms with E-state index in [0.717, 1.165) is 6.07 Å². The number of nitrogens with zero attached hydrogens (tertiary/aromatic N) is 1. The van der Waals surface area contributed by atoms with Crippen LogP contribution in [0.2, 0.25) is 0 Å². The summed E-state index contributed by atoms with van der Waals surface area (Å²) in [7, 11) is 1.41. The van der Waals surface area contributed by atoms with E-state index in [4.69, 9.17) is 4.74 Å². The smallest absolute Gasteiger partial charge is 0.423 e. The van der Waals surface area contributed by atoms with E-state index in [2.05, 4.69) is 5.32 Å². The molecular formula is C15H11F3N2O4. The van der Waals surface area contributed by atoms with Crippen LogP contribution in [0.15, 0.2) is 42.5 Å². The van der Waals surface area contributed by atoms with Gasteiger partial charge in [0, 0.05) is 17.3 Å². The van der Waals surface area contributed by atoms with Crippen LogP contribution in [0.3, 0.4) is 0 Å². The molecule has 0 saturated carbocycles. The van der Waals surface area contributed by atoms with E-state index < -0.39 is 28.3 Å². The number of ether oxygens (including phenoxy) is 1. The summed E-state index contributed by atoms with van der Waals surface area (Å²) in [6.45, 7) is 0. The van der Waals surface area contributed by atoms with Crippen molar-refractivity contribution in [3.8, 4) is 5.75 Å². The number of alkyl halides is 3. The molecule has 24 heavy (non-hydrogen) atoms. The lowest BCUT2D eigenvalue weighted by molar-refractivity contribution is -0.388. The average Bonchev–Trinajstić information content (AvgIpc) is 2.53. The number of nitrogens with one attached hydrogen (secondary N) is 1. The number of hydrogen-bond acceptors (Lipinski definition) is 4. The van der Waals surface area contributed by atoms with Crippen LogP contribution in [-0.2, 0) is 6.18 Å². The highest BCUT2D eigenvalue weighted by atomic mass is 19.4. The molecule has 2 aromatic carbocycles. The van der Waals surface area contributed by atoms with Crippen LogP contribution in [0.5, 0.6) is 5.75 Å². The second kappa shape index (κ2) is 6.57. The van der Waals surface area contributed by atoms with E-state index in [1.165, 1.54) is 19.2 Å². The third-order valence-corrected chi connectivity index (χ3v) is 3.09. The van der Waals surface area contributed by atoms with Gasteiger partial charge in [-0.25, -0.2) is 0 Å². The first-order valence-electron chi connectivity index (χ1n) is 6.53. The molecule has 6 nitrogen and oxygen atoms in total. The number of hydrogen-bond donors (Lipinski definition) is 1. The minimum atomic E-state index is -4.92. The Bertz CT molecular complexity index is 791. The lowest BCUT2D eigenvalue weighted by Crippen LogP contribution is -2.14. The van der Waals surface area contributed by atoms with E-state index >= 15 is 0 Å². The molecular weight excluding hydrogens is 329 g/mol. The zero-order valence-corrected chi connectivity index (χ0v) is 12.3. The van der Waals surface area contributed by atoms with Gasteiger partial charge in [0.2, 0.25) is 0 Å². The summed E-state index contributed by atoms with van der Waals surface area (Å²) in [4.78, 5) is 21.7. The Morgan fingerprint density at radius 2 is 1.92 bits per heavy atom. The molecule has 0 aliphatic carbocycles. The number of rotatable bonds is 4. The highest BCUT2D eigenvalue weighted by Crippen LogP contribution is 2.37. The number of amides is 1. The zero-order chi connectivity index (χ0) is 17.9. The molecule has 2 aromatic rings. The van der Waals surface area contributed by atoms with Gasteiger partial charge < -0.3 is 10.1 Å². The predicted octanol–water partition coefficient (Wildman–Crippen LogP) is 3.87. The zero-order valence-electron chi connectivity index (χ0n) is 12.3. The third kappa shape index (κ3) is 3.80. The second-order valence-electron chi connectivity index (χ2n) is 4.67. The Labute approximate surface area is 134 Å². The Kier molecular flexibility index (Phi) is 4.72. The number of methoxy groups -OCH3 is 1. The van der Waals surface area contributed by atoms with Crippen molar-refractivity contribution in [2.45, 2.75) is 6.18 Å². The summed E-state index contributed by atoms with van der Waals surface area (Å²) < 4.78 is 43.7. The summed E-state index contributed by atoms with van der Waals surface area (Å²) in [5.41, 5.74) is -2.56. The van der Waals surface area contributed by atoms with Crippen LogP contribution in [-0.4, -0.2) is 17.9 Å². The van der Waals surface area contributed by atoms with Crippen molar-refractivity contribution >= 4 is 17.3 Å². The van der Waals surface area contributed by atoms with Crippen molar-refractivity contribution in [3.05, 3.63) is 63.7 Å². The fourth-order valence-corrected chi connectivity index (χ4v) is 1.97. The molecule has 0 spiro atoms. The van der Waals surface area contributed by atoms with Gasteiger partial charge in [-0.1, -0.05) is 6.07 Å². The first-order chi connectivity index (χ1) is 11.2. The first-order valence-corrected chi connectivity index (χ1v) is 6.53. The fourth-order valence-electron chi connectivity index (χ4n) is 1.97. The maximum Gasteiger partial charge on any atom is 0.423 e. The summed E-state index contributed by atoms with van der Waals surface area (Å²) in [5, 5.41) is 13.0. The van der Waals surface area contributed by atoms with Crippen molar-refractivity contribution in [1.29, 1.82) is 0 Å². The maximum absolute atomic E-state index is 12.9. The Balaban J connectivity index is 2.32. The van der Waals surface area contributed by atoms with Gasteiger partial charge in [-0.05, 0) is 30.3 Å². The normalized spacial score (nSPS) is 11.0. The summed E-state index contributed by atoms with van der Waals surface area (Å²) in [6, 6.07) is 8.26. The molecule has 0 radical (unpaired) electrons. The largest absolute Gasteiger partial charge is 0.497 e. The Morgan fingerprint density at radius 3 is 2.50 bits per heavy atom. The number of carbonyl (C=O) groups excluding carboxylic acids is 1. The predicted molar refractivity (Wildman–Crippen MR) is 79.0 cm³/mol. The average molecular weight is 340 g/mol. The lowest BCUT2D eigenvalue weighted by atomic mass is 10.1. The molecule has 126 valence electrons. The summed E-state index contributed by atoms with van der Waals surface area (Å²) in [5.74, 6) is -0.266. The maximum atomic E-state index is 12.9. The quantitative estimate of drug-likeness (QED) is 0.676. The van der Waals surface area contributed by atoms with Crippen LogP contribution < -0.4 is 10.1 Å². The SMILES string of the molecule is COc1cccc(C(=O)Nc2ccc([N+](=O)[O-])c(C(F)(F)F)c2)c1. The molecule has 9 heteroatoms. The van der Waals surface area contributed by atoms with Crippen LogP contribution in [0, 0.1) is 10.1 Å². The number of anilines is 1. The van der Waals surface area contributed by atoms with E-state index in [1.54, 1.807) is 12.1 Å². The fraction of sp³-hybridized carbons (Fsp3) is 0.133. The number of nitro benzene ring substituents is 1. The lowest BCUT2D eigenvalue weighted by Gasteiger charge is -2.11. The molecule has 0 bridgehead atoms. The van der Waals surface area contributed by atoms with Crippen molar-refractivity contribution in [2.75, 3.05) is 12.4 Å². The van der Waals surface area contributed by atoms with Gasteiger partial charge in [-0.3, -0.25) is 14.9 Å². The number of halogens is 3. The van der Waals surface area contributed by atoms with Gasteiger partial charge in [0.15, 0.2) is 0 Å². The van der Waals surface area contributed by atoms with Crippen molar-refractivity contribution in [3.63, 3.8) is 0 Å². The van der Waals surface area contributed by atoms with Gasteiger partial charge in [0.05, 0.1) is 12.0 Å². The van der Waals surface area contributed by atoms with Crippen LogP contribution in [0.25, 0.3) is 0 Å². The molecule has 0 aliphatic heterocycles. The topological polar surface area (TPSA) is 81.5 Å². The molecule has 0 fully saturated rings. The van der Waals surface area contributed by atoms with Gasteiger partial charge >= 0.3 is 6.18 Å². The van der Waals surface area contributed by atoms with E-state index in [0.29, 0.717) is 17.9 Å². The van der Waals surface area contributed by atoms with Crippen molar-refractivity contribution < 1.29 is 27.6 Å². The monoisotopic (exact) mass is 340 g/mol. The van der Waals surface area contributed by atoms with Crippen molar-refractivity contribution in [2.24, 2.45) is 0 Å². The first kappa shape index (κ1) is 17.3. The van der Waals surface area contributed by atoms with Gasteiger partial charge in [0.1, 0.15) is 11.3 Å². The molecule has 0 unspecified atom stereocenters. The highest BCUT2D eigenvalue weighted by molar-refractivity contribution is 6.04. The van der Waals surface area contributed by atoms with Crippen LogP contribution >= 0.6 is 0 Å². The van der Waals surface area contributed by atoms with E-state index in [1.807, 2.05) is 0 Å². The molecule has 2 rings (SSSR count). The third-order valence-electron chi connectivity index (χ3n) is 3.09. The van der Waals surface area contributed by atoms with Gasteiger partial charge in [-0.15, -0.1) is 0 Å². The van der Waals surface area contributed by atoms with Gasteiger partial charge in [-0.2, -0.15) is 13.2 Å². The Hall–Kier alpha value is -3.10. The number of nitro groups is 1. The van der Waals surface area contributed by atoms with E-state index in [9.17, 15) is 28.1 Å². The second-order valence-corrected chi connectivity index (χ2v) is 4.67. The number of carbonyl (C=O) groups is 1. The van der Waals surface area contributed by atoms with Crippen molar-refractivity contribution in [1.82, 2.24) is 0 Å². The van der Waals surface area contributed by atoms with Crippen LogP contribution in [0.4, 0.5) is 24.5 Å². The molecule has 1 N–H and O–H groups in total. The van der Waals surface area contributed by atoms with E-state index in [-0.39, 0.29) is 11.3 Å². The molecule has 1 amide bonds. The minimum absolute atomic E-state index is 0.168. The summed E-state index contributed by atoms with van der Waals surface area (Å²) in [6.07, 6.45) is -4.92. The summed E-state index contributed by atoms with van der Waals surface area (Å²) >= 11 is 0. The number of benzene rings is 2. The highest BCUT2D eigenvalue weighted by Gasteiger charge is 2.38. The molecule has 0 aliphatic rings.